The number of carboxylic acids is 1. The Kier molecular flexibility index (Phi) is 7.84. The van der Waals surface area contributed by atoms with Crippen molar-refractivity contribution in [1.82, 2.24) is 5.16 Å². The Balaban J connectivity index is 1.55. The summed E-state index contributed by atoms with van der Waals surface area (Å²) >= 11 is 6.41. The average Bonchev–Trinajstić information content (AvgIpc) is 3.50. The molecule has 0 bridgehead atoms. The molecule has 4 rings (SSSR count). The van der Waals surface area contributed by atoms with E-state index in [2.05, 4.69) is 25.9 Å². The zero-order valence-corrected chi connectivity index (χ0v) is 22.9. The standard InChI is InChI=1S/C29H39ClN2O4/c1-17-6-10-23(22(30)12-17)32(5)24(33)15-20(9-11-25(34)35)27-26(19-7-8-19)28(36-31-27)21-13-18(14-21)16-29(2,3)4/h6,10,12,18-21H,7-9,11,13-16H2,1-5H3,(H,34,35). The Labute approximate surface area is 219 Å². The number of hydrogen-bond acceptors (Lipinski definition) is 4. The van der Waals surface area contributed by atoms with Gasteiger partial charge in [-0.1, -0.05) is 43.6 Å². The molecule has 1 aromatic heterocycles. The first-order chi connectivity index (χ1) is 16.9. The Hall–Kier alpha value is -2.34. The number of halogens is 1. The third-order valence-electron chi connectivity index (χ3n) is 7.63. The minimum atomic E-state index is -0.872. The van der Waals surface area contributed by atoms with Gasteiger partial charge in [0.2, 0.25) is 5.91 Å². The van der Waals surface area contributed by atoms with Gasteiger partial charge in [0, 0.05) is 37.3 Å². The first-order valence-electron chi connectivity index (χ1n) is 13.2. The van der Waals surface area contributed by atoms with Crippen LogP contribution in [-0.2, 0) is 9.59 Å². The van der Waals surface area contributed by atoms with Gasteiger partial charge in [0.05, 0.1) is 16.4 Å². The number of carboxylic acid groups (broad SMARTS) is 1. The van der Waals surface area contributed by atoms with E-state index in [1.54, 1.807) is 11.9 Å². The van der Waals surface area contributed by atoms with E-state index in [1.165, 1.54) is 6.42 Å². The van der Waals surface area contributed by atoms with Gasteiger partial charge in [-0.05, 0) is 80.4 Å². The van der Waals surface area contributed by atoms with Crippen LogP contribution in [0.15, 0.2) is 22.7 Å². The van der Waals surface area contributed by atoms with Crippen molar-refractivity contribution in [2.75, 3.05) is 11.9 Å². The Morgan fingerprint density at radius 2 is 1.92 bits per heavy atom. The van der Waals surface area contributed by atoms with E-state index in [0.29, 0.717) is 40.3 Å². The Morgan fingerprint density at radius 3 is 2.50 bits per heavy atom. The van der Waals surface area contributed by atoms with Crippen molar-refractivity contribution in [2.45, 2.75) is 96.8 Å². The van der Waals surface area contributed by atoms with Crippen LogP contribution in [0.1, 0.15) is 112 Å². The predicted molar refractivity (Wildman–Crippen MR) is 142 cm³/mol. The molecule has 2 fully saturated rings. The topological polar surface area (TPSA) is 83.6 Å². The van der Waals surface area contributed by atoms with Crippen LogP contribution in [0.2, 0.25) is 5.02 Å². The Bertz CT molecular complexity index is 1110. The van der Waals surface area contributed by atoms with Crippen molar-refractivity contribution < 1.29 is 19.2 Å². The van der Waals surface area contributed by atoms with Gasteiger partial charge >= 0.3 is 5.97 Å². The smallest absolute Gasteiger partial charge is 0.303 e. The summed E-state index contributed by atoms with van der Waals surface area (Å²) in [5.41, 5.74) is 3.94. The molecule has 1 heterocycles. The van der Waals surface area contributed by atoms with E-state index in [9.17, 15) is 14.7 Å². The lowest BCUT2D eigenvalue weighted by molar-refractivity contribution is -0.137. The maximum atomic E-state index is 13.4. The summed E-state index contributed by atoms with van der Waals surface area (Å²) in [5.74, 6) is 1.18. The van der Waals surface area contributed by atoms with E-state index in [4.69, 9.17) is 16.1 Å². The van der Waals surface area contributed by atoms with E-state index in [1.807, 2.05) is 25.1 Å². The highest BCUT2D eigenvalue weighted by Crippen LogP contribution is 2.53. The molecule has 7 heteroatoms. The second-order valence-electron chi connectivity index (χ2n) is 12.2. The third kappa shape index (κ3) is 6.31. The van der Waals surface area contributed by atoms with Crippen molar-refractivity contribution in [3.63, 3.8) is 0 Å². The van der Waals surface area contributed by atoms with Crippen molar-refractivity contribution in [1.29, 1.82) is 0 Å². The lowest BCUT2D eigenvalue weighted by Crippen LogP contribution is -2.28. The van der Waals surface area contributed by atoms with E-state index < -0.39 is 5.97 Å². The van der Waals surface area contributed by atoms with Crippen LogP contribution in [-0.4, -0.2) is 29.2 Å². The molecule has 36 heavy (non-hydrogen) atoms. The van der Waals surface area contributed by atoms with Gasteiger partial charge in [0.15, 0.2) is 0 Å². The van der Waals surface area contributed by atoms with Gasteiger partial charge in [0.25, 0.3) is 0 Å². The highest BCUT2D eigenvalue weighted by atomic mass is 35.5. The SMILES string of the molecule is Cc1ccc(N(C)C(=O)CC(CCC(=O)O)c2noc(C3CC(CC(C)(C)C)C3)c2C2CC2)c(Cl)c1. The molecule has 2 aliphatic carbocycles. The monoisotopic (exact) mass is 514 g/mol. The molecule has 6 nitrogen and oxygen atoms in total. The molecule has 0 saturated heterocycles. The van der Waals surface area contributed by atoms with Crippen LogP contribution in [0.5, 0.6) is 0 Å². The maximum Gasteiger partial charge on any atom is 0.303 e. The van der Waals surface area contributed by atoms with Gasteiger partial charge in [-0.2, -0.15) is 0 Å². The number of benzene rings is 1. The first-order valence-corrected chi connectivity index (χ1v) is 13.5. The summed E-state index contributed by atoms with van der Waals surface area (Å²) in [7, 11) is 1.72. The molecule has 1 unspecified atom stereocenters. The quantitative estimate of drug-likeness (QED) is 0.356. The molecular weight excluding hydrogens is 476 g/mol. The van der Waals surface area contributed by atoms with Crippen molar-refractivity contribution in [2.24, 2.45) is 11.3 Å². The summed E-state index contributed by atoms with van der Waals surface area (Å²) < 4.78 is 5.98. The highest BCUT2D eigenvalue weighted by Gasteiger charge is 2.42. The minimum Gasteiger partial charge on any atom is -0.481 e. The summed E-state index contributed by atoms with van der Waals surface area (Å²) in [6.07, 6.45) is 6.10. The predicted octanol–water partition coefficient (Wildman–Crippen LogP) is 7.45. The van der Waals surface area contributed by atoms with Gasteiger partial charge in [-0.25, -0.2) is 0 Å². The summed E-state index contributed by atoms with van der Waals surface area (Å²) in [6, 6.07) is 5.60. The molecule has 1 amide bonds. The number of amides is 1. The molecule has 2 saturated carbocycles. The molecule has 196 valence electrons. The zero-order chi connectivity index (χ0) is 26.2. The molecule has 1 aromatic carbocycles. The molecular formula is C29H39ClN2O4. The number of aryl methyl sites for hydroxylation is 1. The normalized spacial score (nSPS) is 20.6. The second kappa shape index (κ2) is 10.6. The minimum absolute atomic E-state index is 0.0175. The van der Waals surface area contributed by atoms with Crippen LogP contribution in [0, 0.1) is 18.3 Å². The lowest BCUT2D eigenvalue weighted by Gasteiger charge is -2.38. The van der Waals surface area contributed by atoms with Gasteiger partial charge in [-0.3, -0.25) is 9.59 Å². The molecule has 1 N–H and O–H groups in total. The summed E-state index contributed by atoms with van der Waals surface area (Å²) in [4.78, 5) is 26.4. The zero-order valence-electron chi connectivity index (χ0n) is 22.1. The van der Waals surface area contributed by atoms with Crippen molar-refractivity contribution in [3.8, 4) is 0 Å². The van der Waals surface area contributed by atoms with E-state index in [-0.39, 0.29) is 24.7 Å². The average molecular weight is 515 g/mol. The number of carbonyl (C=O) groups excluding carboxylic acids is 1. The number of rotatable bonds is 10. The van der Waals surface area contributed by atoms with E-state index >= 15 is 0 Å². The largest absolute Gasteiger partial charge is 0.481 e. The number of aliphatic carboxylic acids is 1. The summed E-state index contributed by atoms with van der Waals surface area (Å²) in [5, 5.41) is 14.4. The van der Waals surface area contributed by atoms with Gasteiger partial charge < -0.3 is 14.5 Å². The fourth-order valence-electron chi connectivity index (χ4n) is 5.68. The number of aromatic nitrogens is 1. The third-order valence-corrected chi connectivity index (χ3v) is 7.93. The first kappa shape index (κ1) is 26.7. The molecule has 0 radical (unpaired) electrons. The Morgan fingerprint density at radius 1 is 1.22 bits per heavy atom. The summed E-state index contributed by atoms with van der Waals surface area (Å²) in [6.45, 7) is 8.81. The lowest BCUT2D eigenvalue weighted by atomic mass is 9.66. The van der Waals surface area contributed by atoms with Crippen LogP contribution < -0.4 is 4.90 Å². The number of carbonyl (C=O) groups is 2. The van der Waals surface area contributed by atoms with Gasteiger partial charge in [0.1, 0.15) is 5.76 Å². The molecule has 0 aliphatic heterocycles. The number of hydrogen-bond donors (Lipinski definition) is 1. The number of anilines is 1. The maximum absolute atomic E-state index is 13.4. The number of nitrogens with zero attached hydrogens (tertiary/aromatic N) is 2. The molecule has 0 spiro atoms. The van der Waals surface area contributed by atoms with E-state index in [0.717, 1.165) is 48.3 Å². The fraction of sp³-hybridized carbons (Fsp3) is 0.621. The van der Waals surface area contributed by atoms with Gasteiger partial charge in [-0.15, -0.1) is 0 Å². The van der Waals surface area contributed by atoms with Crippen LogP contribution in [0.4, 0.5) is 5.69 Å². The molecule has 2 aromatic rings. The van der Waals surface area contributed by atoms with Crippen LogP contribution in [0.3, 0.4) is 0 Å². The fourth-order valence-corrected chi connectivity index (χ4v) is 6.04. The van der Waals surface area contributed by atoms with Crippen molar-refractivity contribution in [3.05, 3.63) is 45.8 Å². The highest BCUT2D eigenvalue weighted by molar-refractivity contribution is 6.33. The second-order valence-corrected chi connectivity index (χ2v) is 12.6. The van der Waals surface area contributed by atoms with Crippen LogP contribution >= 0.6 is 11.6 Å². The van der Waals surface area contributed by atoms with Crippen molar-refractivity contribution >= 4 is 29.2 Å². The van der Waals surface area contributed by atoms with Crippen LogP contribution in [0.25, 0.3) is 0 Å². The molecule has 2 aliphatic rings. The molecule has 1 atom stereocenters.